The molecule has 0 atom stereocenters. The molecule has 3 rings (SSSR count). The molecule has 1 saturated heterocycles. The summed E-state index contributed by atoms with van der Waals surface area (Å²) in [6, 6.07) is 5.55. The van der Waals surface area contributed by atoms with Crippen molar-refractivity contribution in [2.75, 3.05) is 18.8 Å². The fourth-order valence-electron chi connectivity index (χ4n) is 2.52. The van der Waals surface area contributed by atoms with E-state index in [0.29, 0.717) is 24.7 Å². The van der Waals surface area contributed by atoms with Crippen molar-refractivity contribution >= 4 is 22.8 Å². The molecule has 22 heavy (non-hydrogen) atoms. The Morgan fingerprint density at radius 3 is 2.82 bits per heavy atom. The zero-order valence-electron chi connectivity index (χ0n) is 13.1. The van der Waals surface area contributed by atoms with Gasteiger partial charge in [-0.2, -0.15) is 0 Å². The lowest BCUT2D eigenvalue weighted by Gasteiger charge is -2.39. The van der Waals surface area contributed by atoms with E-state index in [1.165, 1.54) is 0 Å². The van der Waals surface area contributed by atoms with E-state index < -0.39 is 5.60 Å². The Bertz CT molecular complexity index is 698. The molecule has 1 aliphatic rings. The first-order valence-corrected chi connectivity index (χ1v) is 7.38. The third kappa shape index (κ3) is 2.98. The standard InChI is InChI=1S/C15H21N5O2/c1-15(2,3)22-14(21)19-7-10(8-19)9-20-13-6-11(16)4-5-12(13)17-18-20/h4-6,10H,7-9,16H2,1-3H3. The first kappa shape index (κ1) is 14.6. The molecule has 0 unspecified atom stereocenters. The number of nitrogens with zero attached hydrogens (tertiary/aromatic N) is 4. The van der Waals surface area contributed by atoms with Crippen molar-refractivity contribution in [2.24, 2.45) is 5.92 Å². The molecule has 2 N–H and O–H groups in total. The van der Waals surface area contributed by atoms with Crippen LogP contribution in [0.5, 0.6) is 0 Å². The Kier molecular flexibility index (Phi) is 3.42. The number of nitrogen functional groups attached to an aromatic ring is 1. The van der Waals surface area contributed by atoms with E-state index in [9.17, 15) is 4.79 Å². The zero-order chi connectivity index (χ0) is 15.9. The first-order chi connectivity index (χ1) is 10.3. The maximum atomic E-state index is 11.9. The van der Waals surface area contributed by atoms with E-state index in [4.69, 9.17) is 10.5 Å². The van der Waals surface area contributed by atoms with Crippen LogP contribution in [-0.4, -0.2) is 44.7 Å². The molecule has 0 spiro atoms. The number of aromatic nitrogens is 3. The molecule has 1 fully saturated rings. The van der Waals surface area contributed by atoms with Crippen LogP contribution in [0.2, 0.25) is 0 Å². The number of nitrogens with two attached hydrogens (primary N) is 1. The molecule has 1 amide bonds. The maximum Gasteiger partial charge on any atom is 0.410 e. The van der Waals surface area contributed by atoms with Gasteiger partial charge in [-0.05, 0) is 39.0 Å². The fraction of sp³-hybridized carbons (Fsp3) is 0.533. The Labute approximate surface area is 129 Å². The molecular formula is C15H21N5O2. The fourth-order valence-corrected chi connectivity index (χ4v) is 2.52. The van der Waals surface area contributed by atoms with Crippen LogP contribution in [0.15, 0.2) is 18.2 Å². The van der Waals surface area contributed by atoms with Crippen molar-refractivity contribution in [1.82, 2.24) is 19.9 Å². The highest BCUT2D eigenvalue weighted by atomic mass is 16.6. The molecule has 0 saturated carbocycles. The third-order valence-electron chi connectivity index (χ3n) is 3.58. The van der Waals surface area contributed by atoms with Crippen LogP contribution in [0.25, 0.3) is 11.0 Å². The van der Waals surface area contributed by atoms with Crippen LogP contribution in [0.1, 0.15) is 20.8 Å². The van der Waals surface area contributed by atoms with Gasteiger partial charge >= 0.3 is 6.09 Å². The molecule has 1 aromatic carbocycles. The molecular weight excluding hydrogens is 282 g/mol. The molecule has 0 bridgehead atoms. The molecule has 2 heterocycles. The van der Waals surface area contributed by atoms with Gasteiger partial charge in [0.15, 0.2) is 0 Å². The molecule has 1 aliphatic heterocycles. The lowest BCUT2D eigenvalue weighted by atomic mass is 10.0. The van der Waals surface area contributed by atoms with Crippen molar-refractivity contribution in [3.05, 3.63) is 18.2 Å². The van der Waals surface area contributed by atoms with Crippen LogP contribution in [-0.2, 0) is 11.3 Å². The van der Waals surface area contributed by atoms with Gasteiger partial charge in [-0.3, -0.25) is 0 Å². The van der Waals surface area contributed by atoms with Crippen LogP contribution < -0.4 is 5.73 Å². The summed E-state index contributed by atoms with van der Waals surface area (Å²) in [4.78, 5) is 13.6. The van der Waals surface area contributed by atoms with E-state index in [0.717, 1.165) is 17.6 Å². The molecule has 118 valence electrons. The van der Waals surface area contributed by atoms with Crippen LogP contribution in [0.4, 0.5) is 10.5 Å². The van der Waals surface area contributed by atoms with E-state index >= 15 is 0 Å². The molecule has 2 aromatic rings. The number of carbonyl (C=O) groups is 1. The number of amides is 1. The predicted molar refractivity (Wildman–Crippen MR) is 83.2 cm³/mol. The number of ether oxygens (including phenoxy) is 1. The van der Waals surface area contributed by atoms with Crippen molar-refractivity contribution in [1.29, 1.82) is 0 Å². The summed E-state index contributed by atoms with van der Waals surface area (Å²) in [5, 5.41) is 8.29. The van der Waals surface area contributed by atoms with Gasteiger partial charge in [0.1, 0.15) is 11.1 Å². The third-order valence-corrected chi connectivity index (χ3v) is 3.58. The highest BCUT2D eigenvalue weighted by Gasteiger charge is 2.34. The summed E-state index contributed by atoms with van der Waals surface area (Å²) in [5.41, 5.74) is 7.81. The largest absolute Gasteiger partial charge is 0.444 e. The first-order valence-electron chi connectivity index (χ1n) is 7.38. The Hall–Kier alpha value is -2.31. The summed E-state index contributed by atoms with van der Waals surface area (Å²) in [6.45, 7) is 7.69. The van der Waals surface area contributed by atoms with Gasteiger partial charge in [0, 0.05) is 31.2 Å². The number of rotatable bonds is 2. The van der Waals surface area contributed by atoms with Crippen LogP contribution in [0, 0.1) is 5.92 Å². The minimum atomic E-state index is -0.457. The topological polar surface area (TPSA) is 86.3 Å². The molecule has 7 heteroatoms. The maximum absolute atomic E-state index is 11.9. The summed E-state index contributed by atoms with van der Waals surface area (Å²) in [5.74, 6) is 0.360. The second kappa shape index (κ2) is 5.15. The quantitative estimate of drug-likeness (QED) is 0.856. The molecule has 1 aromatic heterocycles. The molecule has 0 aliphatic carbocycles. The number of carbonyl (C=O) groups excluding carboxylic acids is 1. The monoisotopic (exact) mass is 303 g/mol. The zero-order valence-corrected chi connectivity index (χ0v) is 13.1. The number of hydrogen-bond donors (Lipinski definition) is 1. The second-order valence-electron chi connectivity index (χ2n) is 6.77. The van der Waals surface area contributed by atoms with E-state index in [1.54, 1.807) is 4.90 Å². The number of likely N-dealkylation sites (tertiary alicyclic amines) is 1. The summed E-state index contributed by atoms with van der Waals surface area (Å²) < 4.78 is 7.20. The van der Waals surface area contributed by atoms with Crippen molar-refractivity contribution < 1.29 is 9.53 Å². The van der Waals surface area contributed by atoms with Gasteiger partial charge in [0.05, 0.1) is 5.52 Å². The average Bonchev–Trinajstić information content (AvgIpc) is 2.73. The number of benzene rings is 1. The minimum Gasteiger partial charge on any atom is -0.444 e. The van der Waals surface area contributed by atoms with Gasteiger partial charge < -0.3 is 15.4 Å². The molecule has 7 nitrogen and oxygen atoms in total. The number of fused-ring (bicyclic) bond motifs is 1. The normalized spacial score (nSPS) is 15.9. The van der Waals surface area contributed by atoms with Crippen LogP contribution >= 0.6 is 0 Å². The highest BCUT2D eigenvalue weighted by molar-refractivity contribution is 5.78. The van der Waals surface area contributed by atoms with E-state index in [2.05, 4.69) is 10.3 Å². The van der Waals surface area contributed by atoms with E-state index in [-0.39, 0.29) is 6.09 Å². The van der Waals surface area contributed by atoms with Gasteiger partial charge in [0.25, 0.3) is 0 Å². The molecule has 0 radical (unpaired) electrons. The average molecular weight is 303 g/mol. The highest BCUT2D eigenvalue weighted by Crippen LogP contribution is 2.23. The predicted octanol–water partition coefficient (Wildman–Crippen LogP) is 1.88. The lowest BCUT2D eigenvalue weighted by molar-refractivity contribution is -0.00371. The lowest BCUT2D eigenvalue weighted by Crippen LogP contribution is -2.52. The van der Waals surface area contributed by atoms with Gasteiger partial charge in [-0.25, -0.2) is 9.48 Å². The van der Waals surface area contributed by atoms with Gasteiger partial charge in [-0.15, -0.1) is 5.10 Å². The van der Waals surface area contributed by atoms with Crippen molar-refractivity contribution in [3.63, 3.8) is 0 Å². The smallest absolute Gasteiger partial charge is 0.410 e. The Morgan fingerprint density at radius 2 is 2.14 bits per heavy atom. The Morgan fingerprint density at radius 1 is 1.41 bits per heavy atom. The van der Waals surface area contributed by atoms with Crippen molar-refractivity contribution in [3.8, 4) is 0 Å². The van der Waals surface area contributed by atoms with Crippen LogP contribution in [0.3, 0.4) is 0 Å². The summed E-state index contributed by atoms with van der Waals surface area (Å²) >= 11 is 0. The SMILES string of the molecule is CC(C)(C)OC(=O)N1CC(Cn2nnc3ccc(N)cc32)C1. The minimum absolute atomic E-state index is 0.253. The number of anilines is 1. The summed E-state index contributed by atoms with van der Waals surface area (Å²) in [6.07, 6.45) is -0.253. The van der Waals surface area contributed by atoms with Gasteiger partial charge in [0.2, 0.25) is 0 Å². The van der Waals surface area contributed by atoms with Crippen molar-refractivity contribution in [2.45, 2.75) is 32.9 Å². The van der Waals surface area contributed by atoms with Gasteiger partial charge in [-0.1, -0.05) is 5.21 Å². The second-order valence-corrected chi connectivity index (χ2v) is 6.77. The Balaban J connectivity index is 1.60. The van der Waals surface area contributed by atoms with E-state index in [1.807, 2.05) is 43.7 Å². The number of hydrogen-bond acceptors (Lipinski definition) is 5. The summed E-state index contributed by atoms with van der Waals surface area (Å²) in [7, 11) is 0.